The highest BCUT2D eigenvalue weighted by molar-refractivity contribution is 6.01. The van der Waals surface area contributed by atoms with Gasteiger partial charge in [0.2, 0.25) is 5.78 Å². The molecule has 0 unspecified atom stereocenters. The van der Waals surface area contributed by atoms with Crippen molar-refractivity contribution in [3.63, 3.8) is 0 Å². The molecular formula is C33H43FO6. The molecule has 0 heterocycles. The lowest BCUT2D eigenvalue weighted by molar-refractivity contribution is -0.220. The smallest absolute Gasteiger partial charge is 0.312 e. The van der Waals surface area contributed by atoms with Crippen LogP contribution in [0.4, 0.5) is 4.39 Å². The zero-order chi connectivity index (χ0) is 28.5. The molecule has 7 heteroatoms. The second-order valence-corrected chi connectivity index (χ2v) is 15.4. The Bertz CT molecular complexity index is 1200. The van der Waals surface area contributed by atoms with E-state index < -0.39 is 57.8 Å². The minimum Gasteiger partial charge on any atom is -0.457 e. The van der Waals surface area contributed by atoms with Crippen LogP contribution in [-0.2, 0) is 19.1 Å². The number of ketones is 2. The van der Waals surface area contributed by atoms with Crippen LogP contribution < -0.4 is 0 Å². The van der Waals surface area contributed by atoms with Crippen molar-refractivity contribution in [3.8, 4) is 0 Å². The highest BCUT2D eigenvalue weighted by Gasteiger charge is 2.75. The highest BCUT2D eigenvalue weighted by Crippen LogP contribution is 2.70. The fourth-order valence-electron chi connectivity index (χ4n) is 11.9. The summed E-state index contributed by atoms with van der Waals surface area (Å²) in [6.45, 7) is 4.92. The minimum absolute atomic E-state index is 0.0785. The number of hydrogen-bond donors (Lipinski definition) is 2. The van der Waals surface area contributed by atoms with Crippen molar-refractivity contribution >= 4 is 17.5 Å². The average Bonchev–Trinajstić information content (AvgIpc) is 3.09. The van der Waals surface area contributed by atoms with Crippen molar-refractivity contribution in [2.45, 2.75) is 102 Å². The first-order chi connectivity index (χ1) is 18.8. The molecule has 40 heavy (non-hydrogen) atoms. The van der Waals surface area contributed by atoms with Crippen LogP contribution in [0.2, 0.25) is 0 Å². The number of aliphatic hydroxyl groups excluding tert-OH is 1. The lowest BCUT2D eigenvalue weighted by Crippen LogP contribution is -2.69. The molecule has 8 rings (SSSR count). The van der Waals surface area contributed by atoms with Gasteiger partial charge in [-0.2, -0.15) is 0 Å². The molecule has 218 valence electrons. The number of Topliss-reactive ketones (excluding diaryl/α,β-unsaturated/α-hetero) is 1. The number of allylic oxidation sites excluding steroid dienone is 4. The molecule has 7 fully saturated rings. The SMILES string of the molecule is C[C@H]1C[C@@H]2[C@H]3CCC4=CC(=O)C=C[C@]4(C)[C@]3(F)[C@@H](O)C[C@]2(C)[C@]1(O)C(=O)COC(=O)C12CC3CC(CC(C3)C1)C2. The quantitative estimate of drug-likeness (QED) is 0.490. The molecule has 7 saturated carbocycles. The maximum absolute atomic E-state index is 17.4. The van der Waals surface area contributed by atoms with Crippen LogP contribution in [0.5, 0.6) is 0 Å². The van der Waals surface area contributed by atoms with Gasteiger partial charge in [0.15, 0.2) is 18.1 Å². The number of fused-ring (bicyclic) bond motifs is 5. The Morgan fingerprint density at radius 1 is 1.02 bits per heavy atom. The van der Waals surface area contributed by atoms with Crippen molar-refractivity contribution in [3.05, 3.63) is 23.8 Å². The Labute approximate surface area is 235 Å². The molecule has 0 spiro atoms. The summed E-state index contributed by atoms with van der Waals surface area (Å²) in [6.07, 6.45) is 10.5. The van der Waals surface area contributed by atoms with Crippen LogP contribution in [0.15, 0.2) is 23.8 Å². The maximum atomic E-state index is 17.4. The van der Waals surface area contributed by atoms with E-state index in [0.717, 1.165) is 19.3 Å². The van der Waals surface area contributed by atoms with Crippen molar-refractivity contribution in [1.29, 1.82) is 0 Å². The first-order valence-corrected chi connectivity index (χ1v) is 15.5. The summed E-state index contributed by atoms with van der Waals surface area (Å²) in [5.74, 6) is -0.674. The predicted octanol–water partition coefficient (Wildman–Crippen LogP) is 4.66. The normalized spacial score (nSPS) is 53.9. The average molecular weight is 555 g/mol. The number of rotatable bonds is 4. The van der Waals surface area contributed by atoms with Gasteiger partial charge in [0, 0.05) is 16.7 Å². The molecule has 0 aromatic rings. The summed E-state index contributed by atoms with van der Waals surface area (Å²) in [5.41, 5.74) is -5.82. The molecule has 0 saturated heterocycles. The van der Waals surface area contributed by atoms with Gasteiger partial charge in [-0.25, -0.2) is 4.39 Å². The van der Waals surface area contributed by atoms with E-state index in [1.165, 1.54) is 31.4 Å². The largest absolute Gasteiger partial charge is 0.457 e. The fourth-order valence-corrected chi connectivity index (χ4v) is 11.9. The monoisotopic (exact) mass is 554 g/mol. The highest BCUT2D eigenvalue weighted by atomic mass is 19.1. The summed E-state index contributed by atoms with van der Waals surface area (Å²) in [7, 11) is 0. The fraction of sp³-hybridized carbons (Fsp3) is 0.788. The second-order valence-electron chi connectivity index (χ2n) is 15.4. The first kappa shape index (κ1) is 27.0. The van der Waals surface area contributed by atoms with Crippen LogP contribution in [0.3, 0.4) is 0 Å². The lowest BCUT2D eigenvalue weighted by atomic mass is 9.44. The predicted molar refractivity (Wildman–Crippen MR) is 144 cm³/mol. The molecule has 0 amide bonds. The molecule has 6 nitrogen and oxygen atoms in total. The van der Waals surface area contributed by atoms with E-state index in [2.05, 4.69) is 0 Å². The van der Waals surface area contributed by atoms with Crippen molar-refractivity contribution in [2.75, 3.05) is 6.61 Å². The topological polar surface area (TPSA) is 101 Å². The summed E-state index contributed by atoms with van der Waals surface area (Å²) < 4.78 is 23.1. The Kier molecular flexibility index (Phi) is 5.65. The number of hydrogen-bond acceptors (Lipinski definition) is 6. The van der Waals surface area contributed by atoms with E-state index in [1.807, 2.05) is 13.8 Å². The Morgan fingerprint density at radius 3 is 2.27 bits per heavy atom. The van der Waals surface area contributed by atoms with Gasteiger partial charge >= 0.3 is 5.97 Å². The zero-order valence-electron chi connectivity index (χ0n) is 24.0. The molecule has 8 atom stereocenters. The van der Waals surface area contributed by atoms with Crippen molar-refractivity contribution in [2.24, 2.45) is 51.8 Å². The first-order valence-electron chi connectivity index (χ1n) is 15.5. The van der Waals surface area contributed by atoms with Gasteiger partial charge in [0.1, 0.15) is 5.60 Å². The van der Waals surface area contributed by atoms with Crippen LogP contribution in [0, 0.1) is 51.8 Å². The van der Waals surface area contributed by atoms with Gasteiger partial charge in [-0.3, -0.25) is 14.4 Å². The lowest BCUT2D eigenvalue weighted by Gasteiger charge is -2.62. The van der Waals surface area contributed by atoms with Gasteiger partial charge in [-0.15, -0.1) is 0 Å². The number of halogens is 1. The molecule has 0 aliphatic heterocycles. The third kappa shape index (κ3) is 3.20. The number of alkyl halides is 1. The van der Waals surface area contributed by atoms with Crippen LogP contribution in [0.1, 0.15) is 85.0 Å². The van der Waals surface area contributed by atoms with Gasteiger partial charge in [0.05, 0.1) is 11.5 Å². The molecule has 0 aromatic carbocycles. The van der Waals surface area contributed by atoms with Crippen LogP contribution in [-0.4, -0.2) is 51.7 Å². The minimum atomic E-state index is -2.02. The molecule has 2 N–H and O–H groups in total. The van der Waals surface area contributed by atoms with E-state index >= 15 is 4.39 Å². The molecule has 0 radical (unpaired) electrons. The van der Waals surface area contributed by atoms with Gasteiger partial charge in [0.25, 0.3) is 0 Å². The molecule has 0 aromatic heterocycles. The standard InChI is InChI=1S/C33H43FO6/c1-18-8-25-24-5-4-22-12-23(35)6-7-29(22,2)32(24,34)26(36)16-30(25,3)33(18,39)27(37)17-40-28(38)31-13-19-9-20(14-31)11-21(10-19)15-31/h6-7,12,18-21,24-26,36,39H,4-5,8-11,13-17H2,1-3H3/t18-,19?,20?,21?,24+,25+,26-,29-,30-,31?,32+,33+/m0/s1. The van der Waals surface area contributed by atoms with E-state index in [-0.39, 0.29) is 24.1 Å². The summed E-state index contributed by atoms with van der Waals surface area (Å²) in [6, 6.07) is 0. The third-order valence-corrected chi connectivity index (χ3v) is 13.5. The molecule has 4 bridgehead atoms. The maximum Gasteiger partial charge on any atom is 0.312 e. The van der Waals surface area contributed by atoms with Crippen LogP contribution in [0.25, 0.3) is 0 Å². The van der Waals surface area contributed by atoms with Gasteiger partial charge in [-0.05, 0) is 113 Å². The number of aliphatic hydroxyl groups is 2. The van der Waals surface area contributed by atoms with Gasteiger partial charge in [-0.1, -0.05) is 25.5 Å². The Morgan fingerprint density at radius 2 is 1.65 bits per heavy atom. The molecular weight excluding hydrogens is 511 g/mol. The van der Waals surface area contributed by atoms with E-state index in [4.69, 9.17) is 4.74 Å². The summed E-state index contributed by atoms with van der Waals surface area (Å²) in [5, 5.41) is 23.7. The van der Waals surface area contributed by atoms with E-state index in [0.29, 0.717) is 42.6 Å². The Hall–Kier alpha value is -1.86. The molecule has 8 aliphatic rings. The zero-order valence-corrected chi connectivity index (χ0v) is 24.0. The summed E-state index contributed by atoms with van der Waals surface area (Å²) in [4.78, 5) is 39.4. The number of ether oxygens (including phenoxy) is 1. The van der Waals surface area contributed by atoms with E-state index in [1.54, 1.807) is 13.0 Å². The number of carbonyl (C=O) groups is 3. The van der Waals surface area contributed by atoms with E-state index in [9.17, 15) is 24.6 Å². The van der Waals surface area contributed by atoms with Crippen LogP contribution >= 0.6 is 0 Å². The number of carbonyl (C=O) groups excluding carboxylic acids is 3. The summed E-state index contributed by atoms with van der Waals surface area (Å²) >= 11 is 0. The second kappa shape index (κ2) is 8.37. The number of esters is 1. The van der Waals surface area contributed by atoms with Gasteiger partial charge < -0.3 is 14.9 Å². The third-order valence-electron chi connectivity index (χ3n) is 13.5. The van der Waals surface area contributed by atoms with Crippen molar-refractivity contribution in [1.82, 2.24) is 0 Å². The Balaban J connectivity index is 1.14. The molecule has 8 aliphatic carbocycles. The van der Waals surface area contributed by atoms with Crippen molar-refractivity contribution < 1.29 is 33.7 Å².